The third-order valence-electron chi connectivity index (χ3n) is 5.60. The van der Waals surface area contributed by atoms with Crippen LogP contribution in [-0.4, -0.2) is 45.6 Å². The number of carbonyl (C=O) groups is 1. The van der Waals surface area contributed by atoms with Crippen LogP contribution in [0.3, 0.4) is 0 Å². The lowest BCUT2D eigenvalue weighted by Gasteiger charge is -2.30. The number of amides is 1. The van der Waals surface area contributed by atoms with Crippen LogP contribution in [0, 0.1) is 0 Å². The first-order valence-corrected chi connectivity index (χ1v) is 10.5. The Hall–Kier alpha value is -3.06. The van der Waals surface area contributed by atoms with Gasteiger partial charge in [-0.15, -0.1) is 0 Å². The molecular weight excluding hydrogens is 378 g/mol. The van der Waals surface area contributed by atoms with Crippen LogP contribution in [0.5, 0.6) is 0 Å². The fourth-order valence-corrected chi connectivity index (χ4v) is 3.80. The van der Waals surface area contributed by atoms with Crippen molar-refractivity contribution in [1.29, 1.82) is 0 Å². The average molecular weight is 406 g/mol. The number of aromatic nitrogens is 3. The molecule has 0 unspecified atom stereocenters. The van der Waals surface area contributed by atoms with E-state index < -0.39 is 0 Å². The zero-order valence-corrected chi connectivity index (χ0v) is 17.2. The van der Waals surface area contributed by atoms with E-state index in [9.17, 15) is 4.79 Å². The van der Waals surface area contributed by atoms with E-state index >= 15 is 0 Å². The minimum atomic E-state index is 0.0234. The Morgan fingerprint density at radius 1 is 1.17 bits per heavy atom. The summed E-state index contributed by atoms with van der Waals surface area (Å²) in [6.45, 7) is 4.63. The highest BCUT2D eigenvalue weighted by molar-refractivity contribution is 5.76. The monoisotopic (exact) mass is 405 g/mol. The second-order valence-electron chi connectivity index (χ2n) is 7.74. The van der Waals surface area contributed by atoms with Crippen molar-refractivity contribution in [2.24, 2.45) is 0 Å². The number of rotatable bonds is 7. The van der Waals surface area contributed by atoms with Gasteiger partial charge in [-0.25, -0.2) is 0 Å². The molecule has 7 nitrogen and oxygen atoms in total. The Labute approximate surface area is 176 Å². The second-order valence-corrected chi connectivity index (χ2v) is 7.74. The number of likely N-dealkylation sites (tertiary alicyclic amines) is 1. The zero-order valence-electron chi connectivity index (χ0n) is 17.2. The predicted molar refractivity (Wildman–Crippen MR) is 114 cm³/mol. The smallest absolute Gasteiger partial charge is 0.230 e. The predicted octanol–water partition coefficient (Wildman–Crippen LogP) is 3.58. The van der Waals surface area contributed by atoms with Crippen LogP contribution in [0.2, 0.25) is 0 Å². The van der Waals surface area contributed by atoms with Crippen molar-refractivity contribution < 1.29 is 9.32 Å². The summed E-state index contributed by atoms with van der Waals surface area (Å²) in [7, 11) is 0. The third kappa shape index (κ3) is 5.10. The highest BCUT2D eigenvalue weighted by Crippen LogP contribution is 2.28. The summed E-state index contributed by atoms with van der Waals surface area (Å²) in [5.74, 6) is 1.57. The molecule has 1 saturated heterocycles. The molecule has 0 spiro atoms. The number of benzene rings is 1. The molecule has 3 heterocycles. The van der Waals surface area contributed by atoms with E-state index in [0.717, 1.165) is 43.7 Å². The van der Waals surface area contributed by atoms with Crippen LogP contribution in [0.1, 0.15) is 49.6 Å². The van der Waals surface area contributed by atoms with E-state index in [1.807, 2.05) is 55.5 Å². The molecule has 1 N–H and O–H groups in total. The molecule has 0 aliphatic carbocycles. The van der Waals surface area contributed by atoms with Crippen LogP contribution >= 0.6 is 0 Å². The zero-order chi connectivity index (χ0) is 20.8. The summed E-state index contributed by atoms with van der Waals surface area (Å²) in [5.41, 5.74) is 1.84. The van der Waals surface area contributed by atoms with Gasteiger partial charge in [0, 0.05) is 25.1 Å². The number of hydrogen-bond donors (Lipinski definition) is 1. The van der Waals surface area contributed by atoms with Crippen molar-refractivity contribution in [2.45, 2.75) is 38.1 Å². The standard InChI is InChI=1S/C23H27N5O2/c1-17(18-7-3-2-4-8-18)25-21(29)12-16-28-14-10-19(11-15-28)23-26-22(27-30-23)20-9-5-6-13-24-20/h2-9,13,17,19H,10-12,14-16H2,1H3,(H,25,29)/t17-/m1/s1. The van der Waals surface area contributed by atoms with Crippen LogP contribution in [-0.2, 0) is 4.79 Å². The van der Waals surface area contributed by atoms with Crippen molar-refractivity contribution in [3.8, 4) is 11.5 Å². The third-order valence-corrected chi connectivity index (χ3v) is 5.60. The van der Waals surface area contributed by atoms with Gasteiger partial charge in [0.25, 0.3) is 0 Å². The van der Waals surface area contributed by atoms with Gasteiger partial charge >= 0.3 is 0 Å². The molecule has 0 bridgehead atoms. The molecule has 3 aromatic rings. The van der Waals surface area contributed by atoms with Gasteiger partial charge < -0.3 is 14.7 Å². The van der Waals surface area contributed by atoms with E-state index in [1.165, 1.54) is 0 Å². The van der Waals surface area contributed by atoms with E-state index in [2.05, 4.69) is 25.3 Å². The number of piperidine rings is 1. The first kappa shape index (κ1) is 20.2. The van der Waals surface area contributed by atoms with Gasteiger partial charge in [-0.3, -0.25) is 9.78 Å². The summed E-state index contributed by atoms with van der Waals surface area (Å²) >= 11 is 0. The molecule has 1 fully saturated rings. The largest absolute Gasteiger partial charge is 0.350 e. The van der Waals surface area contributed by atoms with Crippen molar-refractivity contribution in [3.63, 3.8) is 0 Å². The number of nitrogens with one attached hydrogen (secondary N) is 1. The summed E-state index contributed by atoms with van der Waals surface area (Å²) < 4.78 is 5.49. The Morgan fingerprint density at radius 2 is 1.93 bits per heavy atom. The summed E-state index contributed by atoms with van der Waals surface area (Å²) in [6.07, 6.45) is 4.13. The maximum absolute atomic E-state index is 12.3. The van der Waals surface area contributed by atoms with Crippen LogP contribution < -0.4 is 5.32 Å². The van der Waals surface area contributed by atoms with Crippen molar-refractivity contribution >= 4 is 5.91 Å². The van der Waals surface area contributed by atoms with Gasteiger partial charge in [-0.05, 0) is 50.6 Å². The Morgan fingerprint density at radius 3 is 2.67 bits per heavy atom. The molecule has 1 aliphatic rings. The Kier molecular flexibility index (Phi) is 6.49. The molecule has 0 saturated carbocycles. The van der Waals surface area contributed by atoms with E-state index in [-0.39, 0.29) is 17.9 Å². The van der Waals surface area contributed by atoms with Crippen LogP contribution in [0.15, 0.2) is 59.3 Å². The van der Waals surface area contributed by atoms with Crippen LogP contribution in [0.4, 0.5) is 0 Å². The molecule has 1 aliphatic heterocycles. The van der Waals surface area contributed by atoms with Gasteiger partial charge in [0.1, 0.15) is 5.69 Å². The van der Waals surface area contributed by atoms with Crippen molar-refractivity contribution in [3.05, 3.63) is 66.2 Å². The molecule has 1 aromatic carbocycles. The van der Waals surface area contributed by atoms with Crippen molar-refractivity contribution in [2.75, 3.05) is 19.6 Å². The highest BCUT2D eigenvalue weighted by atomic mass is 16.5. The maximum Gasteiger partial charge on any atom is 0.230 e. The second kappa shape index (κ2) is 9.63. The number of carbonyl (C=O) groups excluding carboxylic acids is 1. The van der Waals surface area contributed by atoms with Crippen LogP contribution in [0.25, 0.3) is 11.5 Å². The molecular formula is C23H27N5O2. The fourth-order valence-electron chi connectivity index (χ4n) is 3.80. The number of pyridine rings is 1. The van der Waals surface area contributed by atoms with Gasteiger partial charge in [0.2, 0.25) is 17.6 Å². The van der Waals surface area contributed by atoms with E-state index in [0.29, 0.717) is 18.1 Å². The Bertz CT molecular complexity index is 936. The Balaban J connectivity index is 1.21. The molecule has 0 radical (unpaired) electrons. The van der Waals surface area contributed by atoms with Crippen molar-refractivity contribution in [1.82, 2.24) is 25.3 Å². The summed E-state index contributed by atoms with van der Waals surface area (Å²) in [4.78, 5) is 23.5. The molecule has 1 atom stereocenters. The van der Waals surface area contributed by atoms with Gasteiger partial charge in [-0.2, -0.15) is 4.98 Å². The molecule has 1 amide bonds. The lowest BCUT2D eigenvalue weighted by atomic mass is 9.96. The average Bonchev–Trinajstić information content (AvgIpc) is 3.29. The first-order valence-electron chi connectivity index (χ1n) is 10.5. The van der Waals surface area contributed by atoms with Gasteiger partial charge in [0.05, 0.1) is 6.04 Å². The fraction of sp³-hybridized carbons (Fsp3) is 0.391. The molecule has 30 heavy (non-hydrogen) atoms. The quantitative estimate of drug-likeness (QED) is 0.647. The number of nitrogens with zero attached hydrogens (tertiary/aromatic N) is 4. The topological polar surface area (TPSA) is 84.2 Å². The molecule has 156 valence electrons. The first-order chi connectivity index (χ1) is 14.7. The van der Waals surface area contributed by atoms with E-state index in [4.69, 9.17) is 4.52 Å². The highest BCUT2D eigenvalue weighted by Gasteiger charge is 2.26. The van der Waals surface area contributed by atoms with E-state index in [1.54, 1.807) is 6.20 Å². The number of hydrogen-bond acceptors (Lipinski definition) is 6. The maximum atomic E-state index is 12.3. The summed E-state index contributed by atoms with van der Waals surface area (Å²) in [5, 5.41) is 7.16. The molecule has 7 heteroatoms. The molecule has 2 aromatic heterocycles. The lowest BCUT2D eigenvalue weighted by molar-refractivity contribution is -0.122. The molecule has 4 rings (SSSR count). The summed E-state index contributed by atoms with van der Waals surface area (Å²) in [6, 6.07) is 15.7. The minimum Gasteiger partial charge on any atom is -0.350 e. The SMILES string of the molecule is C[C@@H](NC(=O)CCN1CCC(c2nc(-c3ccccn3)no2)CC1)c1ccccc1. The minimum absolute atomic E-state index is 0.0234. The lowest BCUT2D eigenvalue weighted by Crippen LogP contribution is -2.36. The van der Waals surface area contributed by atoms with Gasteiger partial charge in [-0.1, -0.05) is 41.6 Å². The van der Waals surface area contributed by atoms with Gasteiger partial charge in [0.15, 0.2) is 0 Å². The normalized spacial score (nSPS) is 16.3.